The zero-order chi connectivity index (χ0) is 18.3. The van der Waals surface area contributed by atoms with Crippen molar-refractivity contribution >= 4 is 17.5 Å². The van der Waals surface area contributed by atoms with Crippen LogP contribution in [0.25, 0.3) is 0 Å². The maximum Gasteiger partial charge on any atom is 0.253 e. The Bertz CT molecular complexity index is 865. The van der Waals surface area contributed by atoms with Gasteiger partial charge >= 0.3 is 0 Å². The summed E-state index contributed by atoms with van der Waals surface area (Å²) in [5, 5.41) is 2.94. The zero-order valence-electron chi connectivity index (χ0n) is 15.2. The van der Waals surface area contributed by atoms with Gasteiger partial charge in [-0.05, 0) is 62.1 Å². The van der Waals surface area contributed by atoms with Crippen LogP contribution in [0.15, 0.2) is 42.7 Å². The number of hydrogen-bond donors (Lipinski definition) is 1. The van der Waals surface area contributed by atoms with Crippen molar-refractivity contribution in [1.82, 2.24) is 9.88 Å². The van der Waals surface area contributed by atoms with Gasteiger partial charge in [0.05, 0.1) is 11.9 Å². The highest BCUT2D eigenvalue weighted by molar-refractivity contribution is 5.97. The third-order valence-electron chi connectivity index (χ3n) is 5.86. The van der Waals surface area contributed by atoms with Crippen LogP contribution in [0.1, 0.15) is 34.3 Å². The van der Waals surface area contributed by atoms with Gasteiger partial charge in [0, 0.05) is 36.2 Å². The number of carbonyl (C=O) groups excluding carboxylic acids is 2. The number of pyridine rings is 1. The van der Waals surface area contributed by atoms with E-state index in [1.54, 1.807) is 18.5 Å². The highest BCUT2D eigenvalue weighted by Crippen LogP contribution is 2.58. The number of aromatic nitrogens is 1. The number of amides is 2. The molecule has 1 saturated carbocycles. The molecule has 5 nitrogen and oxygen atoms in total. The molecule has 2 amide bonds. The van der Waals surface area contributed by atoms with Crippen LogP contribution in [-0.4, -0.2) is 34.8 Å². The van der Waals surface area contributed by atoms with Crippen molar-refractivity contribution in [2.45, 2.75) is 26.7 Å². The molecule has 2 aromatic rings. The summed E-state index contributed by atoms with van der Waals surface area (Å²) in [5.74, 6) is 0.0991. The van der Waals surface area contributed by atoms with E-state index >= 15 is 0 Å². The lowest BCUT2D eigenvalue weighted by atomic mass is 10.0. The normalized spacial score (nSPS) is 23.9. The molecule has 2 heterocycles. The molecule has 0 bridgehead atoms. The summed E-state index contributed by atoms with van der Waals surface area (Å²) in [5.41, 5.74) is 3.74. The van der Waals surface area contributed by atoms with Crippen LogP contribution in [0.3, 0.4) is 0 Å². The first-order valence-electron chi connectivity index (χ1n) is 9.06. The summed E-state index contributed by atoms with van der Waals surface area (Å²) in [6.45, 7) is 5.47. The van der Waals surface area contributed by atoms with Crippen molar-refractivity contribution in [3.05, 3.63) is 59.4 Å². The van der Waals surface area contributed by atoms with Crippen LogP contribution in [0.2, 0.25) is 0 Å². The molecule has 1 aromatic carbocycles. The van der Waals surface area contributed by atoms with Crippen molar-refractivity contribution in [2.24, 2.45) is 11.3 Å². The first-order chi connectivity index (χ1) is 12.5. The maximum absolute atomic E-state index is 12.8. The van der Waals surface area contributed by atoms with E-state index in [1.807, 2.05) is 43.0 Å². The first-order valence-corrected chi connectivity index (χ1v) is 9.06. The van der Waals surface area contributed by atoms with Crippen molar-refractivity contribution in [3.63, 3.8) is 0 Å². The van der Waals surface area contributed by atoms with E-state index in [2.05, 4.69) is 10.3 Å². The topological polar surface area (TPSA) is 62.3 Å². The Labute approximate surface area is 153 Å². The molecule has 1 saturated heterocycles. The number of benzene rings is 1. The van der Waals surface area contributed by atoms with Gasteiger partial charge in [-0.15, -0.1) is 0 Å². The maximum atomic E-state index is 12.8. The second-order valence-corrected chi connectivity index (χ2v) is 7.63. The molecular formula is C21H23N3O2. The molecule has 1 N–H and O–H groups in total. The number of anilines is 1. The van der Waals surface area contributed by atoms with Gasteiger partial charge in [0.15, 0.2) is 0 Å². The molecule has 1 aliphatic heterocycles. The number of hydrogen-bond acceptors (Lipinski definition) is 3. The molecule has 1 aliphatic carbocycles. The van der Waals surface area contributed by atoms with Gasteiger partial charge in [0.2, 0.25) is 5.91 Å². The Morgan fingerprint density at radius 2 is 2.08 bits per heavy atom. The Morgan fingerprint density at radius 1 is 1.23 bits per heavy atom. The van der Waals surface area contributed by atoms with Gasteiger partial charge in [0.1, 0.15) is 0 Å². The smallest absolute Gasteiger partial charge is 0.253 e. The predicted octanol–water partition coefficient (Wildman–Crippen LogP) is 3.19. The number of likely N-dealkylation sites (tertiary alicyclic amines) is 1. The zero-order valence-corrected chi connectivity index (χ0v) is 15.2. The van der Waals surface area contributed by atoms with E-state index in [-0.39, 0.29) is 23.1 Å². The Morgan fingerprint density at radius 3 is 2.81 bits per heavy atom. The molecular weight excluding hydrogens is 326 g/mol. The fraction of sp³-hybridized carbons (Fsp3) is 0.381. The minimum absolute atomic E-state index is 0.0136. The van der Waals surface area contributed by atoms with E-state index in [9.17, 15) is 9.59 Å². The summed E-state index contributed by atoms with van der Waals surface area (Å²) in [6, 6.07) is 9.49. The molecule has 2 atom stereocenters. The molecule has 1 spiro atoms. The Hall–Kier alpha value is -2.69. The lowest BCUT2D eigenvalue weighted by molar-refractivity contribution is -0.118. The fourth-order valence-corrected chi connectivity index (χ4v) is 3.96. The van der Waals surface area contributed by atoms with Crippen LogP contribution in [0.5, 0.6) is 0 Å². The molecule has 4 rings (SSSR count). The van der Waals surface area contributed by atoms with Gasteiger partial charge < -0.3 is 10.2 Å². The van der Waals surface area contributed by atoms with Crippen molar-refractivity contribution in [2.75, 3.05) is 18.4 Å². The second kappa shape index (κ2) is 6.24. The van der Waals surface area contributed by atoms with Crippen molar-refractivity contribution < 1.29 is 9.59 Å². The summed E-state index contributed by atoms with van der Waals surface area (Å²) in [7, 11) is 0. The summed E-state index contributed by atoms with van der Waals surface area (Å²) in [6.07, 6.45) is 5.09. The number of nitrogens with zero attached hydrogens (tertiary/aromatic N) is 2. The van der Waals surface area contributed by atoms with Crippen LogP contribution in [0, 0.1) is 25.2 Å². The minimum atomic E-state index is -0.0400. The van der Waals surface area contributed by atoms with E-state index in [4.69, 9.17) is 0 Å². The summed E-state index contributed by atoms with van der Waals surface area (Å²) >= 11 is 0. The average molecular weight is 349 g/mol. The number of carbonyl (C=O) groups is 2. The monoisotopic (exact) mass is 349 g/mol. The van der Waals surface area contributed by atoms with Crippen LogP contribution in [0.4, 0.5) is 5.69 Å². The largest absolute Gasteiger partial charge is 0.338 e. The van der Waals surface area contributed by atoms with E-state index in [1.165, 1.54) is 5.56 Å². The molecule has 134 valence electrons. The van der Waals surface area contributed by atoms with Gasteiger partial charge in [0.25, 0.3) is 5.91 Å². The highest BCUT2D eigenvalue weighted by atomic mass is 16.2. The third kappa shape index (κ3) is 2.98. The summed E-state index contributed by atoms with van der Waals surface area (Å²) in [4.78, 5) is 31.3. The fourth-order valence-electron chi connectivity index (χ4n) is 3.96. The molecule has 26 heavy (non-hydrogen) atoms. The van der Waals surface area contributed by atoms with E-state index < -0.39 is 0 Å². The summed E-state index contributed by atoms with van der Waals surface area (Å²) < 4.78 is 0. The van der Waals surface area contributed by atoms with Crippen molar-refractivity contribution in [3.8, 4) is 0 Å². The molecule has 0 unspecified atom stereocenters. The molecule has 2 aliphatic rings. The van der Waals surface area contributed by atoms with Crippen LogP contribution < -0.4 is 5.32 Å². The molecule has 5 heteroatoms. The highest BCUT2D eigenvalue weighted by Gasteiger charge is 2.61. The SMILES string of the molecule is Cc1ccc(C(=O)N2CC[C@@]3(C[C@H]3C(=O)Nc3cccnc3)C2)cc1C. The lowest BCUT2D eigenvalue weighted by Gasteiger charge is -2.17. The quantitative estimate of drug-likeness (QED) is 0.926. The standard InChI is InChI=1S/C21H23N3O2/c1-14-5-6-16(10-15(14)2)20(26)24-9-7-21(13-24)11-18(21)19(25)23-17-4-3-8-22-12-17/h3-6,8,10,12,18H,7,9,11,13H2,1-2H3,(H,23,25)/t18-,21+/m0/s1. The van der Waals surface area contributed by atoms with Gasteiger partial charge in [-0.2, -0.15) is 0 Å². The van der Waals surface area contributed by atoms with E-state index in [0.717, 1.165) is 36.2 Å². The Kier molecular flexibility index (Phi) is 4.02. The minimum Gasteiger partial charge on any atom is -0.338 e. The lowest BCUT2D eigenvalue weighted by Crippen LogP contribution is -2.30. The van der Waals surface area contributed by atoms with Crippen LogP contribution >= 0.6 is 0 Å². The first kappa shape index (κ1) is 16.8. The second-order valence-electron chi connectivity index (χ2n) is 7.63. The third-order valence-corrected chi connectivity index (χ3v) is 5.86. The predicted molar refractivity (Wildman–Crippen MR) is 99.8 cm³/mol. The van der Waals surface area contributed by atoms with Gasteiger partial charge in [-0.25, -0.2) is 0 Å². The molecule has 2 fully saturated rings. The number of nitrogens with one attached hydrogen (secondary N) is 1. The Balaban J connectivity index is 1.40. The molecule has 0 radical (unpaired) electrons. The number of aryl methyl sites for hydroxylation is 2. The van der Waals surface area contributed by atoms with Crippen LogP contribution in [-0.2, 0) is 4.79 Å². The average Bonchev–Trinajstić information content (AvgIpc) is 3.18. The van der Waals surface area contributed by atoms with E-state index in [0.29, 0.717) is 6.54 Å². The number of rotatable bonds is 3. The van der Waals surface area contributed by atoms with Gasteiger partial charge in [-0.3, -0.25) is 14.6 Å². The van der Waals surface area contributed by atoms with Gasteiger partial charge in [-0.1, -0.05) is 6.07 Å². The molecule has 1 aromatic heterocycles. The van der Waals surface area contributed by atoms with Crippen molar-refractivity contribution in [1.29, 1.82) is 0 Å².